The van der Waals surface area contributed by atoms with E-state index in [1.807, 2.05) is 30.3 Å². The maximum Gasteiger partial charge on any atom is 0.200 e. The Hall–Kier alpha value is -1.95. The smallest absolute Gasteiger partial charge is 0.200 e. The fourth-order valence-corrected chi connectivity index (χ4v) is 4.88. The minimum Gasteiger partial charge on any atom is -0.493 e. The van der Waals surface area contributed by atoms with Crippen LogP contribution in [0.5, 0.6) is 11.5 Å². The first-order valence-electron chi connectivity index (χ1n) is 9.87. The molecule has 1 spiro atoms. The van der Waals surface area contributed by atoms with Gasteiger partial charge in [-0.05, 0) is 30.8 Å². The second kappa shape index (κ2) is 7.08. The van der Waals surface area contributed by atoms with Gasteiger partial charge in [0.25, 0.3) is 0 Å². The van der Waals surface area contributed by atoms with Crippen molar-refractivity contribution < 1.29 is 9.47 Å². The van der Waals surface area contributed by atoms with Crippen molar-refractivity contribution in [3.63, 3.8) is 0 Å². The van der Waals surface area contributed by atoms with Crippen molar-refractivity contribution >= 4 is 28.9 Å². The van der Waals surface area contributed by atoms with Crippen LogP contribution < -0.4 is 9.47 Å². The molecule has 0 aliphatic carbocycles. The highest BCUT2D eigenvalue weighted by atomic mass is 35.5. The van der Waals surface area contributed by atoms with E-state index in [0.29, 0.717) is 10.0 Å². The van der Waals surface area contributed by atoms with Gasteiger partial charge in [-0.3, -0.25) is 0 Å². The van der Waals surface area contributed by atoms with E-state index in [1.54, 1.807) is 7.11 Å². The lowest BCUT2D eigenvalue weighted by Gasteiger charge is -2.50. The number of piperidine rings is 1. The second-order valence-electron chi connectivity index (χ2n) is 7.97. The second-order valence-corrected chi connectivity index (χ2v) is 8.78. The van der Waals surface area contributed by atoms with Crippen LogP contribution in [0.15, 0.2) is 41.5 Å². The topological polar surface area (TPSA) is 37.3 Å². The van der Waals surface area contributed by atoms with Crippen LogP contribution in [0, 0.1) is 0 Å². The highest BCUT2D eigenvalue weighted by Crippen LogP contribution is 2.52. The largest absolute Gasteiger partial charge is 0.493 e. The zero-order valence-electron chi connectivity index (χ0n) is 16.5. The molecule has 2 aromatic rings. The molecule has 0 bridgehead atoms. The van der Waals surface area contributed by atoms with Gasteiger partial charge in [0.1, 0.15) is 0 Å². The van der Waals surface area contributed by atoms with Crippen molar-refractivity contribution in [1.29, 1.82) is 0 Å². The summed E-state index contributed by atoms with van der Waals surface area (Å²) in [6.45, 7) is 1.93. The molecule has 29 heavy (non-hydrogen) atoms. The van der Waals surface area contributed by atoms with Crippen LogP contribution in [0.25, 0.3) is 0 Å². The number of halogens is 2. The van der Waals surface area contributed by atoms with Gasteiger partial charge >= 0.3 is 0 Å². The summed E-state index contributed by atoms with van der Waals surface area (Å²) in [5, 5.41) is 8.36. The molecule has 3 heterocycles. The predicted molar refractivity (Wildman–Crippen MR) is 115 cm³/mol. The number of nitrogens with zero attached hydrogens (tertiary/aromatic N) is 3. The van der Waals surface area contributed by atoms with Crippen LogP contribution in [0.4, 0.5) is 0 Å². The molecule has 5 rings (SSSR count). The molecule has 0 aromatic heterocycles. The monoisotopic (exact) mass is 431 g/mol. The minimum atomic E-state index is -0.462. The average molecular weight is 432 g/mol. The minimum absolute atomic E-state index is 0.113. The lowest BCUT2D eigenvalue weighted by molar-refractivity contribution is -0.148. The fraction of sp³-hybridized carbons (Fsp3) is 0.409. The van der Waals surface area contributed by atoms with Crippen molar-refractivity contribution in [1.82, 2.24) is 9.91 Å². The zero-order chi connectivity index (χ0) is 20.2. The number of hydrogen-bond donors (Lipinski definition) is 0. The van der Waals surface area contributed by atoms with Gasteiger partial charge in [-0.15, -0.1) is 0 Å². The number of ether oxygens (including phenoxy) is 2. The fourth-order valence-electron chi connectivity index (χ4n) is 4.58. The Balaban J connectivity index is 1.60. The number of likely N-dealkylation sites (tertiary alicyclic amines) is 1. The lowest BCUT2D eigenvalue weighted by atomic mass is 9.90. The summed E-state index contributed by atoms with van der Waals surface area (Å²) in [7, 11) is 3.84. The van der Waals surface area contributed by atoms with Gasteiger partial charge in [0.15, 0.2) is 11.5 Å². The van der Waals surface area contributed by atoms with Crippen molar-refractivity contribution in [2.75, 3.05) is 27.2 Å². The molecule has 3 aliphatic rings. The number of methoxy groups -OCH3 is 1. The summed E-state index contributed by atoms with van der Waals surface area (Å²) in [5.41, 5.74) is 2.66. The van der Waals surface area contributed by atoms with E-state index in [-0.39, 0.29) is 6.04 Å². The maximum absolute atomic E-state index is 6.69. The Morgan fingerprint density at radius 2 is 1.93 bits per heavy atom. The summed E-state index contributed by atoms with van der Waals surface area (Å²) >= 11 is 12.4. The third-order valence-corrected chi connectivity index (χ3v) is 6.97. The van der Waals surface area contributed by atoms with Crippen molar-refractivity contribution in [3.8, 4) is 11.5 Å². The zero-order valence-corrected chi connectivity index (χ0v) is 18.0. The molecule has 1 fully saturated rings. The Morgan fingerprint density at radius 3 is 2.66 bits per heavy atom. The molecule has 1 saturated heterocycles. The first kappa shape index (κ1) is 19.0. The number of fused-ring (bicyclic) bond motifs is 4. The number of hydrazone groups is 1. The molecule has 0 radical (unpaired) electrons. The van der Waals surface area contributed by atoms with Crippen molar-refractivity contribution in [3.05, 3.63) is 57.6 Å². The standard InChI is InChI=1S/C22H23Cl2N3O2/c1-26-10-8-22(9-11-26)27-19(15-4-3-5-20(28-2)21(15)29-22)13-18(25-27)14-6-7-16(23)17(24)12-14/h3-7,12,19H,8-11,13H2,1-2H3/t19-/m1/s1. The van der Waals surface area contributed by atoms with Crippen LogP contribution >= 0.6 is 23.2 Å². The predicted octanol–water partition coefficient (Wildman–Crippen LogP) is 4.97. The molecule has 0 saturated carbocycles. The Bertz CT molecular complexity index is 986. The van der Waals surface area contributed by atoms with Crippen LogP contribution in [0.3, 0.4) is 0 Å². The average Bonchev–Trinajstić information content (AvgIpc) is 3.19. The lowest BCUT2D eigenvalue weighted by Crippen LogP contribution is -2.58. The molecule has 3 aliphatic heterocycles. The Labute approximate surface area is 180 Å². The van der Waals surface area contributed by atoms with Gasteiger partial charge in [-0.1, -0.05) is 41.4 Å². The van der Waals surface area contributed by atoms with Gasteiger partial charge in [-0.2, -0.15) is 5.10 Å². The summed E-state index contributed by atoms with van der Waals surface area (Å²) in [6.07, 6.45) is 2.56. The molecule has 0 N–H and O–H groups in total. The number of hydrogen-bond acceptors (Lipinski definition) is 5. The normalized spacial score (nSPS) is 22.7. The van der Waals surface area contributed by atoms with E-state index in [2.05, 4.69) is 23.0 Å². The highest BCUT2D eigenvalue weighted by Gasteiger charge is 2.52. The van der Waals surface area contributed by atoms with Crippen LogP contribution in [0.2, 0.25) is 10.0 Å². The van der Waals surface area contributed by atoms with Crippen LogP contribution in [-0.4, -0.2) is 48.6 Å². The van der Waals surface area contributed by atoms with E-state index in [1.165, 1.54) is 0 Å². The first-order valence-corrected chi connectivity index (χ1v) is 10.6. The maximum atomic E-state index is 6.69. The van der Waals surface area contributed by atoms with Gasteiger partial charge in [0.2, 0.25) is 5.72 Å². The Kier molecular flexibility index (Phi) is 4.65. The molecule has 0 unspecified atom stereocenters. The SMILES string of the molecule is COc1cccc2c1OC1(CCN(C)CC1)N1N=C(c3ccc(Cl)c(Cl)c3)C[C@H]21. The summed E-state index contributed by atoms with van der Waals surface area (Å²) < 4.78 is 12.3. The number of rotatable bonds is 2. The first-order chi connectivity index (χ1) is 14.0. The van der Waals surface area contributed by atoms with E-state index in [0.717, 1.165) is 60.7 Å². The van der Waals surface area contributed by atoms with E-state index >= 15 is 0 Å². The van der Waals surface area contributed by atoms with Crippen molar-refractivity contribution in [2.45, 2.75) is 31.0 Å². The number of para-hydroxylation sites is 1. The van der Waals surface area contributed by atoms with Crippen molar-refractivity contribution in [2.24, 2.45) is 5.10 Å². The third-order valence-electron chi connectivity index (χ3n) is 6.23. The van der Waals surface area contributed by atoms with Gasteiger partial charge < -0.3 is 14.4 Å². The summed E-state index contributed by atoms with van der Waals surface area (Å²) in [5.74, 6) is 1.63. The van der Waals surface area contributed by atoms with E-state index in [4.69, 9.17) is 37.8 Å². The van der Waals surface area contributed by atoms with Gasteiger partial charge in [0, 0.05) is 37.9 Å². The third kappa shape index (κ3) is 3.07. The molecular formula is C22H23Cl2N3O2. The van der Waals surface area contributed by atoms with Gasteiger partial charge in [0.05, 0.1) is 28.9 Å². The van der Waals surface area contributed by atoms with Crippen LogP contribution in [-0.2, 0) is 0 Å². The van der Waals surface area contributed by atoms with Crippen LogP contribution in [0.1, 0.15) is 36.4 Å². The molecule has 7 heteroatoms. The molecule has 152 valence electrons. The number of benzene rings is 2. The molecule has 0 amide bonds. The van der Waals surface area contributed by atoms with Gasteiger partial charge in [-0.25, -0.2) is 5.01 Å². The van der Waals surface area contributed by atoms with E-state index < -0.39 is 5.72 Å². The summed E-state index contributed by atoms with van der Waals surface area (Å²) in [4.78, 5) is 2.33. The molecular weight excluding hydrogens is 409 g/mol. The molecule has 1 atom stereocenters. The van der Waals surface area contributed by atoms with E-state index in [9.17, 15) is 0 Å². The molecule has 5 nitrogen and oxygen atoms in total. The summed E-state index contributed by atoms with van der Waals surface area (Å²) in [6, 6.07) is 11.9. The highest BCUT2D eigenvalue weighted by molar-refractivity contribution is 6.42. The molecule has 2 aromatic carbocycles. The quantitative estimate of drug-likeness (QED) is 0.672. The Morgan fingerprint density at radius 1 is 1.14 bits per heavy atom.